The number of rotatable bonds is 6. The van der Waals surface area contributed by atoms with Gasteiger partial charge in [-0.1, -0.05) is 133 Å². The van der Waals surface area contributed by atoms with E-state index in [1.54, 1.807) is 0 Å². The highest BCUT2D eigenvalue weighted by molar-refractivity contribution is 6.17. The fraction of sp³-hybridized carbons (Fsp3) is 0. The van der Waals surface area contributed by atoms with Crippen LogP contribution in [0.1, 0.15) is 0 Å². The number of hydrogen-bond donors (Lipinski definition) is 0. The molecule has 0 saturated carbocycles. The smallest absolute Gasteiger partial charge is 0.136 e. The average molecular weight is 703 g/mol. The summed E-state index contributed by atoms with van der Waals surface area (Å²) in [6.07, 6.45) is 0. The molecule has 0 amide bonds. The van der Waals surface area contributed by atoms with E-state index in [0.29, 0.717) is 0 Å². The zero-order valence-electron chi connectivity index (χ0n) is 29.9. The van der Waals surface area contributed by atoms with Crippen molar-refractivity contribution in [2.24, 2.45) is 0 Å². The second-order valence-electron chi connectivity index (χ2n) is 14.1. The fourth-order valence-electron chi connectivity index (χ4n) is 8.46. The average Bonchev–Trinajstić information content (AvgIpc) is 3.79. The van der Waals surface area contributed by atoms with Crippen LogP contribution < -0.4 is 4.90 Å². The summed E-state index contributed by atoms with van der Waals surface area (Å²) in [6.45, 7) is 0. The zero-order valence-corrected chi connectivity index (χ0v) is 29.9. The van der Waals surface area contributed by atoms with Gasteiger partial charge >= 0.3 is 0 Å². The van der Waals surface area contributed by atoms with Crippen LogP contribution in [0, 0.1) is 0 Å². The number of nitrogens with zero attached hydrogens (tertiary/aromatic N) is 2. The summed E-state index contributed by atoms with van der Waals surface area (Å²) >= 11 is 0. The summed E-state index contributed by atoms with van der Waals surface area (Å²) in [5.41, 5.74) is 13.5. The van der Waals surface area contributed by atoms with Gasteiger partial charge in [0.25, 0.3) is 0 Å². The Morgan fingerprint density at radius 1 is 0.382 bits per heavy atom. The Labute approximate surface area is 318 Å². The van der Waals surface area contributed by atoms with Gasteiger partial charge in [0.05, 0.1) is 16.7 Å². The molecule has 11 aromatic rings. The Morgan fingerprint density at radius 2 is 1.04 bits per heavy atom. The fourth-order valence-corrected chi connectivity index (χ4v) is 8.46. The highest BCUT2D eigenvalue weighted by atomic mass is 16.3. The van der Waals surface area contributed by atoms with Crippen molar-refractivity contribution in [3.05, 3.63) is 206 Å². The first kappa shape index (κ1) is 31.2. The van der Waals surface area contributed by atoms with Crippen molar-refractivity contribution in [2.75, 3.05) is 4.90 Å². The summed E-state index contributed by atoms with van der Waals surface area (Å²) in [6, 6.07) is 74.0. The molecule has 0 N–H and O–H groups in total. The van der Waals surface area contributed by atoms with Crippen molar-refractivity contribution < 1.29 is 4.42 Å². The highest BCUT2D eigenvalue weighted by Crippen LogP contribution is 2.45. The van der Waals surface area contributed by atoms with Crippen LogP contribution in [0.4, 0.5) is 17.1 Å². The van der Waals surface area contributed by atoms with Crippen molar-refractivity contribution >= 4 is 71.6 Å². The number of para-hydroxylation sites is 3. The van der Waals surface area contributed by atoms with Crippen LogP contribution in [0.15, 0.2) is 211 Å². The third-order valence-corrected chi connectivity index (χ3v) is 11.0. The van der Waals surface area contributed by atoms with E-state index in [2.05, 4.69) is 204 Å². The standard InChI is InChI=1S/C52H34N2O/c1-3-14-35(15-4-1)42-18-7-8-19-43(42)36-26-29-40(30-27-36)54-47-22-11-9-21-45(47)52-48(23-13-24-49(52)54)53(39-16-5-2-6-17-39)41-31-28-37-34-51-46(33-38(37)32-41)44-20-10-12-25-50(44)55-51/h1-34H. The zero-order chi connectivity index (χ0) is 36.3. The van der Waals surface area contributed by atoms with E-state index < -0.39 is 0 Å². The van der Waals surface area contributed by atoms with Crippen molar-refractivity contribution in [2.45, 2.75) is 0 Å². The van der Waals surface area contributed by atoms with E-state index in [4.69, 9.17) is 4.42 Å². The molecule has 0 atom stereocenters. The molecule has 0 radical (unpaired) electrons. The van der Waals surface area contributed by atoms with Gasteiger partial charge in [0, 0.05) is 38.6 Å². The first-order valence-corrected chi connectivity index (χ1v) is 18.8. The molecule has 3 nitrogen and oxygen atoms in total. The highest BCUT2D eigenvalue weighted by Gasteiger charge is 2.21. The summed E-state index contributed by atoms with van der Waals surface area (Å²) in [5.74, 6) is 0. The van der Waals surface area contributed by atoms with Gasteiger partial charge in [-0.3, -0.25) is 0 Å². The van der Waals surface area contributed by atoms with Crippen LogP contribution in [0.3, 0.4) is 0 Å². The summed E-state index contributed by atoms with van der Waals surface area (Å²) in [5, 5.41) is 6.99. The molecular formula is C52H34N2O. The topological polar surface area (TPSA) is 21.3 Å². The molecule has 2 aromatic heterocycles. The van der Waals surface area contributed by atoms with E-state index in [9.17, 15) is 0 Å². The summed E-state index contributed by atoms with van der Waals surface area (Å²) < 4.78 is 8.65. The van der Waals surface area contributed by atoms with E-state index in [1.165, 1.54) is 43.9 Å². The lowest BCUT2D eigenvalue weighted by atomic mass is 9.94. The van der Waals surface area contributed by atoms with Gasteiger partial charge in [-0.25, -0.2) is 0 Å². The molecule has 0 aliphatic rings. The monoisotopic (exact) mass is 702 g/mol. The van der Waals surface area contributed by atoms with Crippen molar-refractivity contribution in [3.8, 4) is 27.9 Å². The molecule has 0 fully saturated rings. The Balaban J connectivity index is 1.09. The minimum Gasteiger partial charge on any atom is -0.456 e. The third-order valence-electron chi connectivity index (χ3n) is 11.0. The van der Waals surface area contributed by atoms with Crippen LogP contribution in [0.25, 0.3) is 82.5 Å². The van der Waals surface area contributed by atoms with Crippen LogP contribution in [0.2, 0.25) is 0 Å². The molecule has 2 heterocycles. The van der Waals surface area contributed by atoms with Crippen LogP contribution in [-0.4, -0.2) is 4.57 Å². The van der Waals surface area contributed by atoms with Gasteiger partial charge in [-0.2, -0.15) is 0 Å². The Bertz CT molecular complexity index is 3190. The SMILES string of the molecule is c1ccc(-c2ccccc2-c2ccc(-n3c4ccccc4c4c(N(c5ccccc5)c5ccc6cc7oc8ccccc8c7cc6c5)cccc43)cc2)cc1. The first-order valence-electron chi connectivity index (χ1n) is 18.8. The maximum Gasteiger partial charge on any atom is 0.136 e. The van der Waals surface area contributed by atoms with E-state index in [1.807, 2.05) is 12.1 Å². The third kappa shape index (κ3) is 5.13. The van der Waals surface area contributed by atoms with Crippen molar-refractivity contribution in [1.82, 2.24) is 4.57 Å². The molecular weight excluding hydrogens is 669 g/mol. The van der Waals surface area contributed by atoms with Crippen LogP contribution in [-0.2, 0) is 0 Å². The van der Waals surface area contributed by atoms with Gasteiger partial charge < -0.3 is 13.9 Å². The maximum atomic E-state index is 6.24. The number of benzene rings is 9. The lowest BCUT2D eigenvalue weighted by Crippen LogP contribution is -2.10. The minimum absolute atomic E-state index is 0.910. The minimum atomic E-state index is 0.910. The molecule has 0 unspecified atom stereocenters. The summed E-state index contributed by atoms with van der Waals surface area (Å²) in [7, 11) is 0. The number of anilines is 3. The lowest BCUT2D eigenvalue weighted by Gasteiger charge is -2.27. The molecule has 0 bridgehead atoms. The number of hydrogen-bond acceptors (Lipinski definition) is 2. The van der Waals surface area contributed by atoms with Gasteiger partial charge in [0.2, 0.25) is 0 Å². The first-order chi connectivity index (χ1) is 27.3. The lowest BCUT2D eigenvalue weighted by molar-refractivity contribution is 0.669. The molecule has 258 valence electrons. The van der Waals surface area contributed by atoms with Crippen molar-refractivity contribution in [1.29, 1.82) is 0 Å². The maximum absolute atomic E-state index is 6.24. The Morgan fingerprint density at radius 3 is 1.84 bits per heavy atom. The Kier molecular flexibility index (Phi) is 7.17. The van der Waals surface area contributed by atoms with E-state index in [-0.39, 0.29) is 0 Å². The normalized spacial score (nSPS) is 11.6. The molecule has 3 heteroatoms. The van der Waals surface area contributed by atoms with E-state index >= 15 is 0 Å². The molecule has 0 aliphatic carbocycles. The van der Waals surface area contributed by atoms with Crippen LogP contribution >= 0.6 is 0 Å². The predicted octanol–water partition coefficient (Wildman–Crippen LogP) is 14.6. The summed E-state index contributed by atoms with van der Waals surface area (Å²) in [4.78, 5) is 2.40. The van der Waals surface area contributed by atoms with Crippen molar-refractivity contribution in [3.63, 3.8) is 0 Å². The Hall–Kier alpha value is -7.36. The van der Waals surface area contributed by atoms with Gasteiger partial charge in [0.1, 0.15) is 11.2 Å². The van der Waals surface area contributed by atoms with E-state index in [0.717, 1.165) is 55.6 Å². The predicted molar refractivity (Wildman–Crippen MR) is 231 cm³/mol. The molecule has 9 aromatic carbocycles. The number of fused-ring (bicyclic) bond motifs is 7. The quantitative estimate of drug-likeness (QED) is 0.172. The largest absolute Gasteiger partial charge is 0.456 e. The second-order valence-corrected chi connectivity index (χ2v) is 14.1. The van der Waals surface area contributed by atoms with Gasteiger partial charge in [-0.15, -0.1) is 0 Å². The van der Waals surface area contributed by atoms with Gasteiger partial charge in [-0.05, 0) is 106 Å². The van der Waals surface area contributed by atoms with Crippen LogP contribution in [0.5, 0.6) is 0 Å². The second kappa shape index (κ2) is 12.6. The number of furan rings is 1. The molecule has 0 aliphatic heterocycles. The molecule has 0 spiro atoms. The molecule has 11 rings (SSSR count). The van der Waals surface area contributed by atoms with Gasteiger partial charge in [0.15, 0.2) is 0 Å². The molecule has 0 saturated heterocycles. The number of aromatic nitrogens is 1. The molecule has 55 heavy (non-hydrogen) atoms.